The molecule has 0 saturated carbocycles. The Kier molecular flexibility index (Phi) is 5.01. The van der Waals surface area contributed by atoms with Gasteiger partial charge in [-0.1, -0.05) is 0 Å². The van der Waals surface area contributed by atoms with Crippen LogP contribution in [0.15, 0.2) is 6.07 Å². The van der Waals surface area contributed by atoms with E-state index in [0.717, 1.165) is 48.4 Å². The molecule has 3 aliphatic rings. The van der Waals surface area contributed by atoms with Gasteiger partial charge in [-0.2, -0.15) is 0 Å². The standard InChI is InChI=1S/C22H34NO5/c1-22(2)12-15(7-9-28-22)17(24)11-16-19-14(6-8-23(16,3)4)10-18-20(21(19)25-5)27-13-26-18/h10,15-17,24H,6-9,11-13H2,1-5H3/q+1/t15-,16+,17+/m0/s1. The highest BCUT2D eigenvalue weighted by atomic mass is 16.7. The molecule has 0 unspecified atom stereocenters. The lowest BCUT2D eigenvalue weighted by Crippen LogP contribution is -2.50. The largest absolute Gasteiger partial charge is 0.492 e. The SMILES string of the molecule is COc1c2c(cc3c1[C@@H](C[C@@H](O)[C@H]1CCOC(C)(C)C1)[N+](C)(C)CC3)OCO2. The Bertz CT molecular complexity index is 745. The minimum Gasteiger partial charge on any atom is -0.492 e. The lowest BCUT2D eigenvalue weighted by Gasteiger charge is -2.45. The second-order valence-electron chi connectivity index (χ2n) is 9.65. The number of aliphatic hydroxyl groups is 1. The monoisotopic (exact) mass is 392 g/mol. The molecule has 3 aliphatic heterocycles. The summed E-state index contributed by atoms with van der Waals surface area (Å²) in [5, 5.41) is 11.2. The minimum atomic E-state index is -0.369. The maximum atomic E-state index is 11.2. The van der Waals surface area contributed by atoms with Gasteiger partial charge in [-0.05, 0) is 44.2 Å². The molecule has 1 fully saturated rings. The average molecular weight is 393 g/mol. The number of likely N-dealkylation sites (N-methyl/N-ethyl adjacent to an activating group) is 1. The van der Waals surface area contributed by atoms with E-state index in [0.29, 0.717) is 12.2 Å². The number of fused-ring (bicyclic) bond motifs is 2. The molecule has 1 saturated heterocycles. The smallest absolute Gasteiger partial charge is 0.231 e. The van der Waals surface area contributed by atoms with Gasteiger partial charge in [0.15, 0.2) is 11.5 Å². The predicted octanol–water partition coefficient (Wildman–Crippen LogP) is 3.05. The molecule has 156 valence electrons. The Balaban J connectivity index is 1.67. The number of methoxy groups -OCH3 is 1. The second kappa shape index (κ2) is 7.08. The molecular weight excluding hydrogens is 358 g/mol. The summed E-state index contributed by atoms with van der Waals surface area (Å²) >= 11 is 0. The van der Waals surface area contributed by atoms with Crippen molar-refractivity contribution in [3.63, 3.8) is 0 Å². The van der Waals surface area contributed by atoms with Crippen molar-refractivity contribution in [2.75, 3.05) is 41.1 Å². The van der Waals surface area contributed by atoms with Crippen LogP contribution >= 0.6 is 0 Å². The number of benzene rings is 1. The number of rotatable bonds is 4. The molecule has 3 atom stereocenters. The van der Waals surface area contributed by atoms with Crippen molar-refractivity contribution in [1.29, 1.82) is 0 Å². The fraction of sp³-hybridized carbons (Fsp3) is 0.727. The third-order valence-electron chi connectivity index (χ3n) is 6.83. The summed E-state index contributed by atoms with van der Waals surface area (Å²) < 4.78 is 23.8. The molecule has 0 amide bonds. The van der Waals surface area contributed by atoms with E-state index in [1.807, 2.05) is 0 Å². The summed E-state index contributed by atoms with van der Waals surface area (Å²) in [5.41, 5.74) is 2.26. The van der Waals surface area contributed by atoms with Crippen LogP contribution in [0, 0.1) is 5.92 Å². The number of hydrogen-bond donors (Lipinski definition) is 1. The molecular formula is C22H34NO5+. The fourth-order valence-corrected chi connectivity index (χ4v) is 5.20. The summed E-state index contributed by atoms with van der Waals surface area (Å²) in [4.78, 5) is 0. The molecule has 1 N–H and O–H groups in total. The predicted molar refractivity (Wildman–Crippen MR) is 106 cm³/mol. The Hall–Kier alpha value is -1.50. The van der Waals surface area contributed by atoms with Crippen LogP contribution in [0.5, 0.6) is 17.2 Å². The molecule has 0 radical (unpaired) electrons. The summed E-state index contributed by atoms with van der Waals surface area (Å²) in [6.45, 7) is 6.21. The van der Waals surface area contributed by atoms with E-state index in [2.05, 4.69) is 34.0 Å². The molecule has 0 aromatic heterocycles. The molecule has 1 aromatic rings. The van der Waals surface area contributed by atoms with Gasteiger partial charge in [-0.3, -0.25) is 0 Å². The maximum Gasteiger partial charge on any atom is 0.231 e. The quantitative estimate of drug-likeness (QED) is 0.798. The first kappa shape index (κ1) is 19.8. The Morgan fingerprint density at radius 1 is 1.32 bits per heavy atom. The zero-order chi connectivity index (χ0) is 20.1. The van der Waals surface area contributed by atoms with Crippen molar-refractivity contribution >= 4 is 0 Å². The van der Waals surface area contributed by atoms with E-state index in [-0.39, 0.29) is 30.5 Å². The molecule has 0 aliphatic carbocycles. The molecule has 3 heterocycles. The van der Waals surface area contributed by atoms with E-state index < -0.39 is 0 Å². The highest BCUT2D eigenvalue weighted by Crippen LogP contribution is 2.52. The third-order valence-corrected chi connectivity index (χ3v) is 6.83. The van der Waals surface area contributed by atoms with E-state index in [1.165, 1.54) is 11.1 Å². The third kappa shape index (κ3) is 3.46. The van der Waals surface area contributed by atoms with Gasteiger partial charge in [0.1, 0.15) is 6.04 Å². The number of ether oxygens (including phenoxy) is 4. The molecule has 6 nitrogen and oxygen atoms in total. The number of quaternary nitrogens is 1. The van der Waals surface area contributed by atoms with Crippen LogP contribution in [0.2, 0.25) is 0 Å². The molecule has 28 heavy (non-hydrogen) atoms. The van der Waals surface area contributed by atoms with Gasteiger partial charge in [-0.15, -0.1) is 0 Å². The Labute approximate surface area is 167 Å². The first-order chi connectivity index (χ1) is 13.2. The highest BCUT2D eigenvalue weighted by molar-refractivity contribution is 5.61. The van der Waals surface area contributed by atoms with Crippen LogP contribution in [0.3, 0.4) is 0 Å². The molecule has 4 rings (SSSR count). The van der Waals surface area contributed by atoms with Gasteiger partial charge in [-0.25, -0.2) is 0 Å². The molecule has 0 bridgehead atoms. The van der Waals surface area contributed by atoms with Crippen molar-refractivity contribution in [2.45, 2.75) is 57.3 Å². The average Bonchev–Trinajstić information content (AvgIpc) is 3.09. The topological polar surface area (TPSA) is 57.2 Å². The molecule has 1 aromatic carbocycles. The zero-order valence-corrected chi connectivity index (χ0v) is 17.8. The van der Waals surface area contributed by atoms with Crippen LogP contribution in [0.1, 0.15) is 50.3 Å². The van der Waals surface area contributed by atoms with E-state index >= 15 is 0 Å². The van der Waals surface area contributed by atoms with Crippen molar-refractivity contribution in [3.8, 4) is 17.2 Å². The van der Waals surface area contributed by atoms with E-state index in [9.17, 15) is 5.11 Å². The van der Waals surface area contributed by atoms with Gasteiger partial charge in [0.25, 0.3) is 0 Å². The Morgan fingerprint density at radius 3 is 2.82 bits per heavy atom. The zero-order valence-electron chi connectivity index (χ0n) is 17.8. The van der Waals surface area contributed by atoms with Crippen LogP contribution in [-0.2, 0) is 11.2 Å². The fourth-order valence-electron chi connectivity index (χ4n) is 5.20. The van der Waals surface area contributed by atoms with Gasteiger partial charge in [0.2, 0.25) is 12.5 Å². The van der Waals surface area contributed by atoms with Gasteiger partial charge in [0, 0.05) is 19.4 Å². The highest BCUT2D eigenvalue weighted by Gasteiger charge is 2.44. The van der Waals surface area contributed by atoms with Gasteiger partial charge >= 0.3 is 0 Å². The van der Waals surface area contributed by atoms with Crippen molar-refractivity contribution in [1.82, 2.24) is 0 Å². The lowest BCUT2D eigenvalue weighted by molar-refractivity contribution is -0.924. The van der Waals surface area contributed by atoms with E-state index in [1.54, 1.807) is 7.11 Å². The normalized spacial score (nSPS) is 28.5. The second-order valence-corrected chi connectivity index (χ2v) is 9.65. The van der Waals surface area contributed by atoms with Crippen LogP contribution in [0.25, 0.3) is 0 Å². The maximum absolute atomic E-state index is 11.2. The summed E-state index contributed by atoms with van der Waals surface area (Å²) in [5.74, 6) is 2.51. The Morgan fingerprint density at radius 2 is 2.11 bits per heavy atom. The number of aliphatic hydroxyl groups excluding tert-OH is 1. The van der Waals surface area contributed by atoms with Crippen molar-refractivity contribution in [3.05, 3.63) is 17.2 Å². The molecule has 0 spiro atoms. The lowest BCUT2D eigenvalue weighted by atomic mass is 9.79. The first-order valence-corrected chi connectivity index (χ1v) is 10.4. The summed E-state index contributed by atoms with van der Waals surface area (Å²) in [6, 6.07) is 2.25. The first-order valence-electron chi connectivity index (χ1n) is 10.4. The van der Waals surface area contributed by atoms with Crippen molar-refractivity contribution < 1.29 is 28.5 Å². The summed E-state index contributed by atoms with van der Waals surface area (Å²) in [6.07, 6.45) is 3.10. The van der Waals surface area contributed by atoms with Gasteiger partial charge < -0.3 is 28.5 Å². The van der Waals surface area contributed by atoms with Crippen LogP contribution in [-0.4, -0.2) is 62.4 Å². The summed E-state index contributed by atoms with van der Waals surface area (Å²) in [7, 11) is 6.19. The minimum absolute atomic E-state index is 0.147. The molecule has 6 heteroatoms. The van der Waals surface area contributed by atoms with Crippen molar-refractivity contribution in [2.24, 2.45) is 5.92 Å². The number of nitrogens with zero attached hydrogens (tertiary/aromatic N) is 1. The van der Waals surface area contributed by atoms with E-state index in [4.69, 9.17) is 18.9 Å². The van der Waals surface area contributed by atoms with Crippen LogP contribution in [0.4, 0.5) is 0 Å². The van der Waals surface area contributed by atoms with Gasteiger partial charge in [0.05, 0.1) is 45.0 Å². The number of hydrogen-bond acceptors (Lipinski definition) is 5. The van der Waals surface area contributed by atoms with Crippen LogP contribution < -0.4 is 14.2 Å².